The van der Waals surface area contributed by atoms with Crippen molar-refractivity contribution in [3.8, 4) is 11.5 Å². The number of carbonyl (C=O) groups excluding carboxylic acids is 1. The molecular weight excluding hydrogens is 382 g/mol. The zero-order valence-electron chi connectivity index (χ0n) is 18.4. The lowest BCUT2D eigenvalue weighted by molar-refractivity contribution is 0.0868. The molecule has 1 atom stereocenters. The second-order valence-electron chi connectivity index (χ2n) is 8.46. The van der Waals surface area contributed by atoms with Gasteiger partial charge in [0.15, 0.2) is 11.5 Å². The second kappa shape index (κ2) is 11.5. The molecule has 7 nitrogen and oxygen atoms in total. The van der Waals surface area contributed by atoms with Crippen LogP contribution in [0.15, 0.2) is 18.2 Å². The zero-order valence-corrected chi connectivity index (χ0v) is 18.4. The van der Waals surface area contributed by atoms with E-state index in [1.165, 1.54) is 12.8 Å². The predicted molar refractivity (Wildman–Crippen MR) is 117 cm³/mol. The van der Waals surface area contributed by atoms with Gasteiger partial charge in [-0.25, -0.2) is 0 Å². The summed E-state index contributed by atoms with van der Waals surface area (Å²) in [6, 6.07) is 5.67. The fourth-order valence-corrected chi connectivity index (χ4v) is 4.34. The molecule has 30 heavy (non-hydrogen) atoms. The summed E-state index contributed by atoms with van der Waals surface area (Å²) >= 11 is 0. The number of methoxy groups -OCH3 is 1. The second-order valence-corrected chi connectivity index (χ2v) is 8.46. The van der Waals surface area contributed by atoms with Crippen LogP contribution < -0.4 is 14.8 Å². The fraction of sp³-hybridized carbons (Fsp3) is 0.696. The van der Waals surface area contributed by atoms with Crippen molar-refractivity contribution in [1.29, 1.82) is 0 Å². The number of amides is 1. The average molecular weight is 420 g/mol. The summed E-state index contributed by atoms with van der Waals surface area (Å²) in [4.78, 5) is 17.2. The van der Waals surface area contributed by atoms with Crippen LogP contribution in [0.25, 0.3) is 0 Å². The maximum absolute atomic E-state index is 12.6. The smallest absolute Gasteiger partial charge is 0.251 e. The van der Waals surface area contributed by atoms with Crippen LogP contribution >= 0.6 is 0 Å². The van der Waals surface area contributed by atoms with Gasteiger partial charge in [-0.3, -0.25) is 9.69 Å². The maximum atomic E-state index is 12.6. The number of nitrogens with one attached hydrogen (secondary N) is 1. The van der Waals surface area contributed by atoms with Crippen LogP contribution in [0.4, 0.5) is 0 Å². The van der Waals surface area contributed by atoms with E-state index in [2.05, 4.69) is 22.2 Å². The van der Waals surface area contributed by atoms with Crippen molar-refractivity contribution >= 4 is 5.91 Å². The van der Waals surface area contributed by atoms with E-state index in [1.807, 2.05) is 6.07 Å². The van der Waals surface area contributed by atoms with Gasteiger partial charge in [-0.1, -0.05) is 6.42 Å². The number of piperidine rings is 2. The number of nitrogens with zero attached hydrogens (tertiary/aromatic N) is 2. The number of ether oxygens (including phenoxy) is 2. The van der Waals surface area contributed by atoms with Crippen molar-refractivity contribution in [2.24, 2.45) is 0 Å². The summed E-state index contributed by atoms with van der Waals surface area (Å²) < 4.78 is 11.6. The standard InChI is InChI=1S/C23H37N3O4/c1-25-14-9-20(10-15-25)30-21-8-7-18(16-22(21)29-2)23(28)24-11-5-13-26-12-4-3-6-19(26)17-27/h7-8,16,19-20,27H,3-6,9-15,17H2,1-2H3,(H,24,28). The van der Waals surface area contributed by atoms with Crippen molar-refractivity contribution < 1.29 is 19.4 Å². The van der Waals surface area contributed by atoms with Crippen LogP contribution in [-0.4, -0.2) is 86.4 Å². The average Bonchev–Trinajstić information content (AvgIpc) is 2.78. The van der Waals surface area contributed by atoms with E-state index in [-0.39, 0.29) is 24.7 Å². The molecule has 2 fully saturated rings. The van der Waals surface area contributed by atoms with E-state index in [0.717, 1.165) is 51.9 Å². The molecule has 2 N–H and O–H groups in total. The van der Waals surface area contributed by atoms with Crippen molar-refractivity contribution in [2.45, 2.75) is 50.7 Å². The lowest BCUT2D eigenvalue weighted by Crippen LogP contribution is -2.43. The fourth-order valence-electron chi connectivity index (χ4n) is 4.34. The van der Waals surface area contributed by atoms with Crippen molar-refractivity contribution in [2.75, 3.05) is 53.5 Å². The number of aliphatic hydroxyl groups excluding tert-OH is 1. The van der Waals surface area contributed by atoms with Gasteiger partial charge in [0.05, 0.1) is 13.7 Å². The van der Waals surface area contributed by atoms with E-state index in [9.17, 15) is 9.90 Å². The highest BCUT2D eigenvalue weighted by Gasteiger charge is 2.22. The highest BCUT2D eigenvalue weighted by molar-refractivity contribution is 5.94. The van der Waals surface area contributed by atoms with Crippen LogP contribution in [0.1, 0.15) is 48.9 Å². The van der Waals surface area contributed by atoms with Crippen molar-refractivity contribution in [1.82, 2.24) is 15.1 Å². The summed E-state index contributed by atoms with van der Waals surface area (Å²) in [5.74, 6) is 1.20. The first-order valence-corrected chi connectivity index (χ1v) is 11.3. The molecule has 0 aromatic heterocycles. The van der Waals surface area contributed by atoms with Crippen LogP contribution in [0.2, 0.25) is 0 Å². The third-order valence-corrected chi connectivity index (χ3v) is 6.25. The number of likely N-dealkylation sites (tertiary alicyclic amines) is 2. The van der Waals surface area contributed by atoms with E-state index < -0.39 is 0 Å². The Balaban J connectivity index is 1.47. The summed E-state index contributed by atoms with van der Waals surface area (Å²) in [5, 5.41) is 12.5. The molecule has 0 radical (unpaired) electrons. The number of rotatable bonds is 9. The predicted octanol–water partition coefficient (Wildman–Crippen LogP) is 2.13. The Bertz CT molecular complexity index is 676. The molecule has 1 amide bonds. The Morgan fingerprint density at radius 3 is 2.70 bits per heavy atom. The van der Waals surface area contributed by atoms with Gasteiger partial charge in [-0.05, 0) is 63.9 Å². The third kappa shape index (κ3) is 6.33. The molecule has 0 aliphatic carbocycles. The van der Waals surface area contributed by atoms with Crippen molar-refractivity contribution in [3.05, 3.63) is 23.8 Å². The first-order chi connectivity index (χ1) is 14.6. The molecule has 1 aromatic rings. The van der Waals surface area contributed by atoms with Crippen LogP contribution in [0.5, 0.6) is 11.5 Å². The molecule has 2 aliphatic heterocycles. The first-order valence-electron chi connectivity index (χ1n) is 11.3. The minimum atomic E-state index is -0.100. The number of aliphatic hydroxyl groups is 1. The minimum Gasteiger partial charge on any atom is -0.493 e. The largest absolute Gasteiger partial charge is 0.493 e. The van der Waals surface area contributed by atoms with Crippen LogP contribution in [-0.2, 0) is 0 Å². The Morgan fingerprint density at radius 1 is 1.17 bits per heavy atom. The summed E-state index contributed by atoms with van der Waals surface area (Å²) in [6.45, 7) is 4.84. The normalized spacial score (nSPS) is 21.4. The van der Waals surface area contributed by atoms with Gasteiger partial charge in [-0.2, -0.15) is 0 Å². The van der Waals surface area contributed by atoms with Gasteiger partial charge >= 0.3 is 0 Å². The Labute approximate surface area is 180 Å². The van der Waals surface area contributed by atoms with Gasteiger partial charge in [0.1, 0.15) is 6.10 Å². The molecule has 1 unspecified atom stereocenters. The summed E-state index contributed by atoms with van der Waals surface area (Å²) in [7, 11) is 3.73. The lowest BCUT2D eigenvalue weighted by atomic mass is 10.0. The molecule has 7 heteroatoms. The number of hydrogen-bond donors (Lipinski definition) is 2. The maximum Gasteiger partial charge on any atom is 0.251 e. The number of carbonyl (C=O) groups is 1. The Hall–Kier alpha value is -1.83. The lowest BCUT2D eigenvalue weighted by Gasteiger charge is -2.34. The van der Waals surface area contributed by atoms with Crippen LogP contribution in [0, 0.1) is 0 Å². The van der Waals surface area contributed by atoms with E-state index in [1.54, 1.807) is 19.2 Å². The minimum absolute atomic E-state index is 0.100. The molecular formula is C23H37N3O4. The molecule has 1 aromatic carbocycles. The molecule has 0 saturated carbocycles. The molecule has 0 spiro atoms. The highest BCUT2D eigenvalue weighted by Crippen LogP contribution is 2.30. The highest BCUT2D eigenvalue weighted by atomic mass is 16.5. The summed E-state index contributed by atoms with van der Waals surface area (Å²) in [6.07, 6.45) is 6.50. The van der Waals surface area contributed by atoms with E-state index in [0.29, 0.717) is 23.6 Å². The van der Waals surface area contributed by atoms with Gasteiger partial charge < -0.3 is 24.8 Å². The van der Waals surface area contributed by atoms with Gasteiger partial charge in [-0.15, -0.1) is 0 Å². The molecule has 2 aliphatic rings. The quantitative estimate of drug-likeness (QED) is 0.598. The SMILES string of the molecule is COc1cc(C(=O)NCCCN2CCCCC2CO)ccc1OC1CCN(C)CC1. The first kappa shape index (κ1) is 22.8. The third-order valence-electron chi connectivity index (χ3n) is 6.25. The van der Waals surface area contributed by atoms with Gasteiger partial charge in [0.25, 0.3) is 5.91 Å². The van der Waals surface area contributed by atoms with Gasteiger partial charge in [0, 0.05) is 37.8 Å². The summed E-state index contributed by atoms with van der Waals surface area (Å²) in [5.41, 5.74) is 0.578. The number of benzene rings is 1. The molecule has 168 valence electrons. The van der Waals surface area contributed by atoms with Crippen molar-refractivity contribution in [3.63, 3.8) is 0 Å². The number of hydrogen-bond acceptors (Lipinski definition) is 6. The monoisotopic (exact) mass is 419 g/mol. The molecule has 0 bridgehead atoms. The molecule has 3 rings (SSSR count). The molecule has 2 heterocycles. The van der Waals surface area contributed by atoms with E-state index in [4.69, 9.17) is 9.47 Å². The van der Waals surface area contributed by atoms with Crippen LogP contribution in [0.3, 0.4) is 0 Å². The van der Waals surface area contributed by atoms with Gasteiger partial charge in [0.2, 0.25) is 0 Å². The molecule has 2 saturated heterocycles. The Morgan fingerprint density at radius 2 is 1.97 bits per heavy atom. The van der Waals surface area contributed by atoms with E-state index >= 15 is 0 Å². The Kier molecular flexibility index (Phi) is 8.78. The zero-order chi connectivity index (χ0) is 21.3. The topological polar surface area (TPSA) is 74.3 Å².